The first-order valence-electron chi connectivity index (χ1n) is 6.58. The van der Waals surface area contributed by atoms with E-state index in [1.807, 2.05) is 18.2 Å². The van der Waals surface area contributed by atoms with Crippen molar-refractivity contribution < 1.29 is 5.11 Å². The summed E-state index contributed by atoms with van der Waals surface area (Å²) in [7, 11) is 0. The molecule has 18 heavy (non-hydrogen) atoms. The molecule has 0 saturated heterocycles. The SMILES string of the molecule is OC1CCCCc2ccc(-c3ccccc3)nc21. The maximum Gasteiger partial charge on any atom is 0.0962 e. The smallest absolute Gasteiger partial charge is 0.0962 e. The fraction of sp³-hybridized carbons (Fsp3) is 0.312. The lowest BCUT2D eigenvalue weighted by atomic mass is 10.0. The van der Waals surface area contributed by atoms with Gasteiger partial charge in [0.2, 0.25) is 0 Å². The molecule has 2 nitrogen and oxygen atoms in total. The van der Waals surface area contributed by atoms with Gasteiger partial charge in [-0.3, -0.25) is 0 Å². The van der Waals surface area contributed by atoms with Crippen LogP contribution in [-0.2, 0) is 6.42 Å². The van der Waals surface area contributed by atoms with Crippen molar-refractivity contribution in [3.63, 3.8) is 0 Å². The molecule has 0 aliphatic heterocycles. The van der Waals surface area contributed by atoms with Gasteiger partial charge in [-0.05, 0) is 30.9 Å². The molecule has 0 fully saturated rings. The molecule has 1 aromatic heterocycles. The minimum Gasteiger partial charge on any atom is -0.387 e. The summed E-state index contributed by atoms with van der Waals surface area (Å²) in [6.45, 7) is 0. The predicted octanol–water partition coefficient (Wildman–Crippen LogP) is 3.51. The number of fused-ring (bicyclic) bond motifs is 1. The molecule has 1 atom stereocenters. The number of hydrogen-bond donors (Lipinski definition) is 1. The van der Waals surface area contributed by atoms with Gasteiger partial charge in [-0.25, -0.2) is 4.98 Å². The molecular weight excluding hydrogens is 222 g/mol. The number of hydrogen-bond acceptors (Lipinski definition) is 2. The predicted molar refractivity (Wildman–Crippen MR) is 72.2 cm³/mol. The molecular formula is C16H17NO. The number of nitrogens with zero attached hydrogens (tertiary/aromatic N) is 1. The molecule has 1 heterocycles. The van der Waals surface area contributed by atoms with Gasteiger partial charge in [0.05, 0.1) is 17.5 Å². The number of pyridine rings is 1. The highest BCUT2D eigenvalue weighted by Crippen LogP contribution is 2.29. The van der Waals surface area contributed by atoms with Gasteiger partial charge in [0.15, 0.2) is 0 Å². The van der Waals surface area contributed by atoms with Crippen LogP contribution in [0, 0.1) is 0 Å². The molecule has 1 aliphatic carbocycles. The monoisotopic (exact) mass is 239 g/mol. The van der Waals surface area contributed by atoms with E-state index in [1.165, 1.54) is 5.56 Å². The van der Waals surface area contributed by atoms with Crippen LogP contribution in [-0.4, -0.2) is 10.1 Å². The molecule has 0 saturated carbocycles. The Hall–Kier alpha value is -1.67. The Morgan fingerprint density at radius 2 is 1.83 bits per heavy atom. The van der Waals surface area contributed by atoms with E-state index in [9.17, 15) is 5.11 Å². The van der Waals surface area contributed by atoms with E-state index >= 15 is 0 Å². The van der Waals surface area contributed by atoms with E-state index in [0.717, 1.165) is 42.6 Å². The maximum atomic E-state index is 10.2. The third-order valence-corrected chi connectivity index (χ3v) is 3.57. The van der Waals surface area contributed by atoms with E-state index in [4.69, 9.17) is 0 Å². The second kappa shape index (κ2) is 4.91. The van der Waals surface area contributed by atoms with Crippen LogP contribution in [0.25, 0.3) is 11.3 Å². The molecule has 1 N–H and O–H groups in total. The van der Waals surface area contributed by atoms with Crippen LogP contribution in [0.15, 0.2) is 42.5 Å². The number of benzene rings is 1. The molecule has 0 radical (unpaired) electrons. The number of rotatable bonds is 1. The van der Waals surface area contributed by atoms with Crippen molar-refractivity contribution in [2.45, 2.75) is 31.8 Å². The second-order valence-electron chi connectivity index (χ2n) is 4.87. The zero-order valence-electron chi connectivity index (χ0n) is 10.3. The molecule has 1 aromatic carbocycles. The van der Waals surface area contributed by atoms with Crippen molar-refractivity contribution in [3.05, 3.63) is 53.7 Å². The summed E-state index contributed by atoms with van der Waals surface area (Å²) in [6.07, 6.45) is 3.70. The summed E-state index contributed by atoms with van der Waals surface area (Å²) < 4.78 is 0. The second-order valence-corrected chi connectivity index (χ2v) is 4.87. The Morgan fingerprint density at radius 1 is 1.00 bits per heavy atom. The normalized spacial score (nSPS) is 19.1. The van der Waals surface area contributed by atoms with Crippen molar-refractivity contribution in [2.24, 2.45) is 0 Å². The third-order valence-electron chi connectivity index (χ3n) is 3.57. The molecule has 2 heteroatoms. The van der Waals surface area contributed by atoms with Gasteiger partial charge in [0.1, 0.15) is 0 Å². The van der Waals surface area contributed by atoms with Crippen LogP contribution in [0.1, 0.15) is 36.6 Å². The average Bonchev–Trinajstić information content (AvgIpc) is 2.62. The van der Waals surface area contributed by atoms with Gasteiger partial charge in [0.25, 0.3) is 0 Å². The Morgan fingerprint density at radius 3 is 2.67 bits per heavy atom. The Kier molecular flexibility index (Phi) is 3.11. The molecule has 0 bridgehead atoms. The fourth-order valence-electron chi connectivity index (χ4n) is 2.56. The third kappa shape index (κ3) is 2.16. The molecule has 1 unspecified atom stereocenters. The molecule has 3 rings (SSSR count). The number of aliphatic hydroxyl groups excluding tert-OH is 1. The first-order valence-corrected chi connectivity index (χ1v) is 6.58. The summed E-state index contributed by atoms with van der Waals surface area (Å²) in [5, 5.41) is 10.2. The van der Waals surface area contributed by atoms with Gasteiger partial charge in [-0.2, -0.15) is 0 Å². The van der Waals surface area contributed by atoms with Crippen LogP contribution in [0.4, 0.5) is 0 Å². The highest BCUT2D eigenvalue weighted by molar-refractivity contribution is 5.59. The summed E-state index contributed by atoms with van der Waals surface area (Å²) in [5.74, 6) is 0. The van der Waals surface area contributed by atoms with Gasteiger partial charge >= 0.3 is 0 Å². The van der Waals surface area contributed by atoms with E-state index in [0.29, 0.717) is 0 Å². The molecule has 92 valence electrons. The summed E-state index contributed by atoms with van der Waals surface area (Å²) in [5.41, 5.74) is 4.15. The van der Waals surface area contributed by atoms with Crippen molar-refractivity contribution in [1.82, 2.24) is 4.98 Å². The summed E-state index contributed by atoms with van der Waals surface area (Å²) in [6, 6.07) is 14.3. The van der Waals surface area contributed by atoms with Crippen LogP contribution in [0.3, 0.4) is 0 Å². The van der Waals surface area contributed by atoms with Gasteiger partial charge in [-0.1, -0.05) is 42.8 Å². The standard InChI is InChI=1S/C16H17NO/c18-15-9-5-4-8-13-10-11-14(17-16(13)15)12-6-2-1-3-7-12/h1-3,6-7,10-11,15,18H,4-5,8-9H2. The average molecular weight is 239 g/mol. The van der Waals surface area contributed by atoms with Crippen LogP contribution < -0.4 is 0 Å². The minimum absolute atomic E-state index is 0.397. The van der Waals surface area contributed by atoms with E-state index in [2.05, 4.69) is 29.2 Å². The quantitative estimate of drug-likeness (QED) is 0.772. The van der Waals surface area contributed by atoms with Gasteiger partial charge in [0, 0.05) is 5.56 Å². The summed E-state index contributed by atoms with van der Waals surface area (Å²) >= 11 is 0. The number of aryl methyl sites for hydroxylation is 1. The van der Waals surface area contributed by atoms with Gasteiger partial charge < -0.3 is 5.11 Å². The lowest BCUT2D eigenvalue weighted by Crippen LogP contribution is -2.03. The Bertz CT molecular complexity index is 536. The summed E-state index contributed by atoms with van der Waals surface area (Å²) in [4.78, 5) is 4.67. The maximum absolute atomic E-state index is 10.2. The van der Waals surface area contributed by atoms with Crippen LogP contribution >= 0.6 is 0 Å². The topological polar surface area (TPSA) is 33.1 Å². The lowest BCUT2D eigenvalue weighted by molar-refractivity contribution is 0.162. The van der Waals surface area contributed by atoms with Crippen molar-refractivity contribution in [1.29, 1.82) is 0 Å². The first-order chi connectivity index (χ1) is 8.84. The van der Waals surface area contributed by atoms with Crippen LogP contribution in [0.5, 0.6) is 0 Å². The van der Waals surface area contributed by atoms with Gasteiger partial charge in [-0.15, -0.1) is 0 Å². The fourth-order valence-corrected chi connectivity index (χ4v) is 2.56. The zero-order chi connectivity index (χ0) is 12.4. The molecule has 0 amide bonds. The minimum atomic E-state index is -0.397. The first kappa shape index (κ1) is 11.4. The number of aromatic nitrogens is 1. The molecule has 2 aromatic rings. The van der Waals surface area contributed by atoms with E-state index in [-0.39, 0.29) is 0 Å². The van der Waals surface area contributed by atoms with E-state index < -0.39 is 6.10 Å². The Balaban J connectivity index is 2.04. The Labute approximate surface area is 107 Å². The molecule has 1 aliphatic rings. The van der Waals surface area contributed by atoms with Crippen LogP contribution in [0.2, 0.25) is 0 Å². The van der Waals surface area contributed by atoms with E-state index in [1.54, 1.807) is 0 Å². The van der Waals surface area contributed by atoms with Crippen molar-refractivity contribution in [2.75, 3.05) is 0 Å². The number of aliphatic hydroxyl groups is 1. The molecule has 0 spiro atoms. The highest BCUT2D eigenvalue weighted by atomic mass is 16.3. The van der Waals surface area contributed by atoms with Crippen molar-refractivity contribution in [3.8, 4) is 11.3 Å². The zero-order valence-corrected chi connectivity index (χ0v) is 10.3. The van der Waals surface area contributed by atoms with Crippen molar-refractivity contribution >= 4 is 0 Å². The lowest BCUT2D eigenvalue weighted by Gasteiger charge is -2.12. The highest BCUT2D eigenvalue weighted by Gasteiger charge is 2.18. The largest absolute Gasteiger partial charge is 0.387 e.